The molecular formula is C33H52N10O5S3. The zero-order valence-electron chi connectivity index (χ0n) is 29.0. The Morgan fingerprint density at radius 2 is 1.63 bits per heavy atom. The van der Waals surface area contributed by atoms with Gasteiger partial charge in [-0.3, -0.25) is 19.2 Å². The van der Waals surface area contributed by atoms with E-state index in [2.05, 4.69) is 41.9 Å². The number of hydrogen-bond acceptors (Lipinski definition) is 10. The van der Waals surface area contributed by atoms with E-state index in [4.69, 9.17) is 11.3 Å². The first-order chi connectivity index (χ1) is 24.8. The van der Waals surface area contributed by atoms with E-state index in [0.717, 1.165) is 44.3 Å². The minimum absolute atomic E-state index is 0.0103. The van der Waals surface area contributed by atoms with Gasteiger partial charge in [0.2, 0.25) is 17.7 Å². The maximum absolute atomic E-state index is 13.1. The Morgan fingerprint density at radius 1 is 0.902 bits per heavy atom. The number of hydrogen-bond donors (Lipinski definition) is 7. The normalized spacial score (nSPS) is 18.1. The molecule has 2 heterocycles. The largest absolute Gasteiger partial charge is 0.356 e. The second kappa shape index (κ2) is 24.8. The van der Waals surface area contributed by atoms with E-state index >= 15 is 0 Å². The molecule has 0 aromatic heterocycles. The molecule has 0 saturated carbocycles. The van der Waals surface area contributed by atoms with Crippen molar-refractivity contribution in [1.29, 1.82) is 0 Å². The van der Waals surface area contributed by atoms with E-state index < -0.39 is 11.9 Å². The van der Waals surface area contributed by atoms with Crippen molar-refractivity contribution in [2.45, 2.75) is 94.0 Å². The number of unbranched alkanes of at least 4 members (excludes halogenated alkanes) is 4. The summed E-state index contributed by atoms with van der Waals surface area (Å²) in [6.07, 6.45) is 8.06. The summed E-state index contributed by atoms with van der Waals surface area (Å²) in [5.41, 5.74) is 14.8. The fourth-order valence-electron chi connectivity index (χ4n) is 5.66. The summed E-state index contributed by atoms with van der Waals surface area (Å²) in [5, 5.41) is 21.4. The highest BCUT2D eigenvalue weighted by Crippen LogP contribution is 2.33. The molecule has 1 unspecified atom stereocenters. The van der Waals surface area contributed by atoms with E-state index in [1.54, 1.807) is 21.6 Å². The SMILES string of the molecule is [N-]=[N+]=Nc1ccc(C(=O)NC(CCCCNC(=O)CCCC[C@@H]2SC[C@@H]3NC(=O)N[C@@H]32)C(=O)NCCSSCCC(=O)NCCCCCN)cc1. The fourth-order valence-corrected chi connectivity index (χ4v) is 9.10. The van der Waals surface area contributed by atoms with Gasteiger partial charge in [0.15, 0.2) is 0 Å². The van der Waals surface area contributed by atoms with Crippen molar-refractivity contribution >= 4 is 68.7 Å². The van der Waals surface area contributed by atoms with Crippen LogP contribution in [0.4, 0.5) is 10.5 Å². The number of carbonyl (C=O) groups is 5. The minimum Gasteiger partial charge on any atom is -0.356 e. The lowest BCUT2D eigenvalue weighted by Gasteiger charge is -2.19. The molecule has 1 aromatic rings. The second-order valence-electron chi connectivity index (χ2n) is 12.4. The van der Waals surface area contributed by atoms with E-state index in [-0.39, 0.29) is 35.8 Å². The molecule has 1 aromatic carbocycles. The molecule has 0 aliphatic carbocycles. The average Bonchev–Trinajstić information content (AvgIpc) is 3.68. The van der Waals surface area contributed by atoms with Gasteiger partial charge in [-0.2, -0.15) is 11.8 Å². The van der Waals surface area contributed by atoms with Crippen molar-refractivity contribution in [1.82, 2.24) is 31.9 Å². The summed E-state index contributed by atoms with van der Waals surface area (Å²) in [4.78, 5) is 64.8. The van der Waals surface area contributed by atoms with Crippen molar-refractivity contribution in [3.05, 3.63) is 40.3 Å². The predicted octanol–water partition coefficient (Wildman–Crippen LogP) is 3.87. The maximum atomic E-state index is 13.1. The van der Waals surface area contributed by atoms with Gasteiger partial charge in [0, 0.05) is 71.1 Å². The highest BCUT2D eigenvalue weighted by Gasteiger charge is 2.42. The van der Waals surface area contributed by atoms with Crippen molar-refractivity contribution in [3.8, 4) is 0 Å². The average molecular weight is 765 g/mol. The molecule has 2 fully saturated rings. The number of nitrogens with one attached hydrogen (secondary N) is 6. The van der Waals surface area contributed by atoms with Crippen LogP contribution in [0.3, 0.4) is 0 Å². The number of nitrogens with two attached hydrogens (primary N) is 1. The highest BCUT2D eigenvalue weighted by atomic mass is 33.1. The molecule has 3 rings (SSSR count). The summed E-state index contributed by atoms with van der Waals surface area (Å²) in [6.45, 7) is 2.21. The Kier molecular flexibility index (Phi) is 20.5. The molecule has 8 N–H and O–H groups in total. The molecule has 15 nitrogen and oxygen atoms in total. The van der Waals surface area contributed by atoms with E-state index in [0.29, 0.717) is 86.3 Å². The van der Waals surface area contributed by atoms with Crippen LogP contribution in [0.25, 0.3) is 10.4 Å². The molecule has 0 bridgehead atoms. The first-order valence-electron chi connectivity index (χ1n) is 17.7. The number of fused-ring (bicyclic) bond motifs is 1. The Hall–Kier alpha value is -3.31. The van der Waals surface area contributed by atoms with Gasteiger partial charge in [0.05, 0.1) is 12.1 Å². The smallest absolute Gasteiger partial charge is 0.315 e. The molecule has 2 aliphatic rings. The van der Waals surface area contributed by atoms with Crippen molar-refractivity contribution in [2.75, 3.05) is 43.4 Å². The third-order valence-electron chi connectivity index (χ3n) is 8.42. The summed E-state index contributed by atoms with van der Waals surface area (Å²) in [5.74, 6) is 1.53. The van der Waals surface area contributed by atoms with E-state index in [1.165, 1.54) is 24.3 Å². The van der Waals surface area contributed by atoms with Crippen molar-refractivity contribution in [3.63, 3.8) is 0 Å². The summed E-state index contributed by atoms with van der Waals surface area (Å²) >= 11 is 1.87. The molecular weight excluding hydrogens is 713 g/mol. The van der Waals surface area contributed by atoms with Crippen molar-refractivity contribution < 1.29 is 24.0 Å². The molecule has 0 spiro atoms. The Balaban J connectivity index is 1.33. The van der Waals surface area contributed by atoms with Crippen LogP contribution in [-0.2, 0) is 14.4 Å². The third-order valence-corrected chi connectivity index (χ3v) is 12.3. The molecule has 0 radical (unpaired) electrons. The second-order valence-corrected chi connectivity index (χ2v) is 16.3. The number of thioether (sulfide) groups is 1. The zero-order chi connectivity index (χ0) is 36.7. The first kappa shape index (κ1) is 42.1. The zero-order valence-corrected chi connectivity index (χ0v) is 31.5. The van der Waals surface area contributed by atoms with Crippen LogP contribution < -0.4 is 37.6 Å². The summed E-state index contributed by atoms with van der Waals surface area (Å²) in [7, 11) is 3.15. The highest BCUT2D eigenvalue weighted by molar-refractivity contribution is 8.76. The monoisotopic (exact) mass is 764 g/mol. The fraction of sp³-hybridized carbons (Fsp3) is 0.667. The van der Waals surface area contributed by atoms with Crippen LogP contribution in [0, 0.1) is 0 Å². The van der Waals surface area contributed by atoms with Crippen LogP contribution in [0.15, 0.2) is 29.4 Å². The van der Waals surface area contributed by atoms with Crippen molar-refractivity contribution in [2.24, 2.45) is 10.8 Å². The van der Waals surface area contributed by atoms with Gasteiger partial charge in [0.25, 0.3) is 5.91 Å². The maximum Gasteiger partial charge on any atom is 0.315 e. The van der Waals surface area contributed by atoms with Gasteiger partial charge in [-0.05, 0) is 69.2 Å². The number of urea groups is 1. The van der Waals surface area contributed by atoms with E-state index in [1.807, 2.05) is 11.8 Å². The number of benzene rings is 1. The van der Waals surface area contributed by atoms with Gasteiger partial charge in [-0.25, -0.2) is 4.79 Å². The molecule has 4 atom stereocenters. The summed E-state index contributed by atoms with van der Waals surface area (Å²) in [6, 6.07) is 5.64. The quantitative estimate of drug-likeness (QED) is 0.0181. The van der Waals surface area contributed by atoms with Gasteiger partial charge < -0.3 is 37.6 Å². The predicted molar refractivity (Wildman–Crippen MR) is 206 cm³/mol. The third kappa shape index (κ3) is 16.7. The van der Waals surface area contributed by atoms with Crippen LogP contribution in [0.1, 0.15) is 81.0 Å². The Morgan fingerprint density at radius 3 is 2.37 bits per heavy atom. The minimum atomic E-state index is -0.774. The Labute approximate surface area is 312 Å². The molecule has 282 valence electrons. The van der Waals surface area contributed by atoms with Gasteiger partial charge >= 0.3 is 6.03 Å². The lowest BCUT2D eigenvalue weighted by Crippen LogP contribution is -2.47. The number of rotatable bonds is 26. The molecule has 2 saturated heterocycles. The lowest BCUT2D eigenvalue weighted by molar-refractivity contribution is -0.123. The van der Waals surface area contributed by atoms with Crippen LogP contribution in [0.2, 0.25) is 0 Å². The van der Waals surface area contributed by atoms with Gasteiger partial charge in [0.1, 0.15) is 6.04 Å². The van der Waals surface area contributed by atoms with Crippen LogP contribution in [0.5, 0.6) is 0 Å². The lowest BCUT2D eigenvalue weighted by atomic mass is 10.0. The van der Waals surface area contributed by atoms with Gasteiger partial charge in [-0.1, -0.05) is 51.7 Å². The van der Waals surface area contributed by atoms with Crippen LogP contribution >= 0.6 is 33.3 Å². The number of nitrogens with zero attached hydrogens (tertiary/aromatic N) is 3. The number of amides is 6. The first-order valence-corrected chi connectivity index (χ1v) is 21.2. The summed E-state index contributed by atoms with van der Waals surface area (Å²) < 4.78 is 0. The topological polar surface area (TPSA) is 232 Å². The Bertz CT molecular complexity index is 1320. The van der Waals surface area contributed by atoms with E-state index in [9.17, 15) is 24.0 Å². The molecule has 18 heteroatoms. The number of azide groups is 1. The van der Waals surface area contributed by atoms with Crippen LogP contribution in [-0.4, -0.2) is 96.5 Å². The van der Waals surface area contributed by atoms with Gasteiger partial charge in [-0.15, -0.1) is 0 Å². The molecule has 2 aliphatic heterocycles. The number of carbonyl (C=O) groups excluding carboxylic acids is 5. The standard InChI is InChI=1S/C33H52N10O5S3/c34-16-5-1-6-17-37-29(45)15-20-50-51-21-19-38-32(47)25(39-31(46)23-11-13-24(14-12-23)42-43-35)8-4-7-18-36-28(44)10-3-2-9-27-30-26(22-49-27)40-33(48)41-30/h11-14,25-27,30H,1-10,15-22,34H2,(H,36,44)(H,37,45)(H,38,47)(H,39,46)(H2,40,41,48)/t25?,26-,27-,30-/m0/s1. The molecule has 6 amide bonds. The molecule has 51 heavy (non-hydrogen) atoms.